The first-order valence-corrected chi connectivity index (χ1v) is 7.04. The fourth-order valence-electron chi connectivity index (χ4n) is 1.85. The Bertz CT molecular complexity index is 520. The van der Waals surface area contributed by atoms with E-state index in [-0.39, 0.29) is 5.17 Å². The fraction of sp³-hybridized carbons (Fsp3) is 0.0625. The highest BCUT2D eigenvalue weighted by Gasteiger charge is 2.03. The summed E-state index contributed by atoms with van der Waals surface area (Å²) in [5.74, 6) is 0.703. The second-order valence-electron chi connectivity index (χ2n) is 4.03. The molecule has 0 unspecified atom stereocenters. The van der Waals surface area contributed by atoms with Crippen LogP contribution >= 0.6 is 11.8 Å². The first-order chi connectivity index (χ1) is 9.27. The van der Waals surface area contributed by atoms with Gasteiger partial charge >= 0.3 is 0 Å². The van der Waals surface area contributed by atoms with Gasteiger partial charge in [0.2, 0.25) is 0 Å². The van der Waals surface area contributed by atoms with Crippen LogP contribution in [-0.2, 0) is 0 Å². The summed E-state index contributed by atoms with van der Waals surface area (Å²) in [5.41, 5.74) is 8.91. The molecule has 0 aliphatic rings. The highest BCUT2D eigenvalue weighted by molar-refractivity contribution is 8.13. The molecule has 2 nitrogen and oxygen atoms in total. The zero-order valence-corrected chi connectivity index (χ0v) is 11.4. The van der Waals surface area contributed by atoms with Crippen molar-refractivity contribution >= 4 is 22.5 Å². The topological polar surface area (TPSA) is 49.9 Å². The third-order valence-electron chi connectivity index (χ3n) is 2.70. The molecule has 2 rings (SSSR count). The van der Waals surface area contributed by atoms with E-state index in [1.807, 2.05) is 36.4 Å². The Morgan fingerprint density at radius 3 is 1.84 bits per heavy atom. The predicted molar refractivity (Wildman–Crippen MR) is 84.3 cm³/mol. The summed E-state index contributed by atoms with van der Waals surface area (Å²) in [5, 5.41) is 7.41. The Morgan fingerprint density at radius 2 is 1.42 bits per heavy atom. The van der Waals surface area contributed by atoms with Gasteiger partial charge in [0.15, 0.2) is 5.17 Å². The van der Waals surface area contributed by atoms with Gasteiger partial charge in [-0.2, -0.15) is 0 Å². The zero-order chi connectivity index (χ0) is 13.5. The molecule has 0 saturated carbocycles. The fourth-order valence-corrected chi connectivity index (χ4v) is 2.28. The number of nitrogens with two attached hydrogens (primary N) is 1. The monoisotopic (exact) mass is 268 g/mol. The maximum absolute atomic E-state index is 7.26. The predicted octanol–water partition coefficient (Wildman–Crippen LogP) is 3.74. The SMILES string of the molecule is N=C(N)SCC=C(c1ccccc1)c1ccccc1. The van der Waals surface area contributed by atoms with E-state index in [2.05, 4.69) is 30.3 Å². The lowest BCUT2D eigenvalue weighted by Crippen LogP contribution is -2.03. The molecule has 0 atom stereocenters. The van der Waals surface area contributed by atoms with Gasteiger partial charge in [0.05, 0.1) is 0 Å². The van der Waals surface area contributed by atoms with Crippen LogP contribution in [0, 0.1) is 5.41 Å². The zero-order valence-electron chi connectivity index (χ0n) is 10.5. The van der Waals surface area contributed by atoms with Crippen molar-refractivity contribution in [2.45, 2.75) is 0 Å². The molecule has 0 saturated heterocycles. The molecule has 0 amide bonds. The average molecular weight is 268 g/mol. The molecule has 0 bridgehead atoms. The summed E-state index contributed by atoms with van der Waals surface area (Å²) in [6, 6.07) is 20.5. The largest absolute Gasteiger partial charge is 0.379 e. The quantitative estimate of drug-likeness (QED) is 0.655. The van der Waals surface area contributed by atoms with Gasteiger partial charge in [-0.05, 0) is 16.7 Å². The average Bonchev–Trinajstić information content (AvgIpc) is 2.45. The van der Waals surface area contributed by atoms with Crippen molar-refractivity contribution in [2.75, 3.05) is 5.75 Å². The number of amidine groups is 1. The van der Waals surface area contributed by atoms with E-state index in [0.717, 1.165) is 0 Å². The van der Waals surface area contributed by atoms with Crippen LogP contribution in [0.5, 0.6) is 0 Å². The molecular weight excluding hydrogens is 252 g/mol. The molecule has 0 spiro atoms. The van der Waals surface area contributed by atoms with Crippen LogP contribution in [0.2, 0.25) is 0 Å². The van der Waals surface area contributed by atoms with Crippen molar-refractivity contribution < 1.29 is 0 Å². The summed E-state index contributed by atoms with van der Waals surface area (Å²) in [6.07, 6.45) is 2.12. The minimum Gasteiger partial charge on any atom is -0.379 e. The van der Waals surface area contributed by atoms with Crippen LogP contribution in [0.1, 0.15) is 11.1 Å². The maximum Gasteiger partial charge on any atom is 0.151 e. The Labute approximate surface area is 117 Å². The number of rotatable bonds is 4. The van der Waals surface area contributed by atoms with E-state index in [0.29, 0.717) is 5.75 Å². The smallest absolute Gasteiger partial charge is 0.151 e. The van der Waals surface area contributed by atoms with Crippen LogP contribution in [-0.4, -0.2) is 10.9 Å². The van der Waals surface area contributed by atoms with Crippen molar-refractivity contribution in [2.24, 2.45) is 5.73 Å². The number of benzene rings is 2. The normalized spacial score (nSPS) is 9.89. The first-order valence-electron chi connectivity index (χ1n) is 6.05. The van der Waals surface area contributed by atoms with E-state index in [1.165, 1.54) is 28.5 Å². The van der Waals surface area contributed by atoms with Gasteiger partial charge in [0.25, 0.3) is 0 Å². The van der Waals surface area contributed by atoms with Gasteiger partial charge in [-0.25, -0.2) is 0 Å². The van der Waals surface area contributed by atoms with Crippen molar-refractivity contribution in [3.63, 3.8) is 0 Å². The number of thioether (sulfide) groups is 1. The Balaban J connectivity index is 2.31. The lowest BCUT2D eigenvalue weighted by atomic mass is 9.98. The van der Waals surface area contributed by atoms with Crippen LogP contribution < -0.4 is 5.73 Å². The molecule has 0 heterocycles. The molecule has 0 aliphatic heterocycles. The Hall–Kier alpha value is -2.00. The van der Waals surface area contributed by atoms with E-state index >= 15 is 0 Å². The van der Waals surface area contributed by atoms with Crippen molar-refractivity contribution in [1.29, 1.82) is 5.41 Å². The molecule has 96 valence electrons. The molecule has 3 N–H and O–H groups in total. The summed E-state index contributed by atoms with van der Waals surface area (Å²) < 4.78 is 0. The molecule has 2 aromatic rings. The molecule has 0 fully saturated rings. The summed E-state index contributed by atoms with van der Waals surface area (Å²) in [7, 11) is 0. The minimum atomic E-state index is 0.150. The minimum absolute atomic E-state index is 0.150. The number of hydrogen-bond donors (Lipinski definition) is 2. The highest BCUT2D eigenvalue weighted by Crippen LogP contribution is 2.23. The van der Waals surface area contributed by atoms with Crippen LogP contribution in [0.3, 0.4) is 0 Å². The van der Waals surface area contributed by atoms with Crippen LogP contribution in [0.15, 0.2) is 66.7 Å². The Morgan fingerprint density at radius 1 is 0.947 bits per heavy atom. The molecule has 0 radical (unpaired) electrons. The standard InChI is InChI=1S/C16H16N2S/c17-16(18)19-12-11-15(13-7-3-1-4-8-13)14-9-5-2-6-10-14/h1-11H,12H2,(H3,17,18). The van der Waals surface area contributed by atoms with Gasteiger partial charge in [0.1, 0.15) is 0 Å². The van der Waals surface area contributed by atoms with Gasteiger partial charge in [-0.3, -0.25) is 5.41 Å². The first kappa shape index (κ1) is 13.4. The molecule has 0 aliphatic carbocycles. The maximum atomic E-state index is 7.26. The lowest BCUT2D eigenvalue weighted by molar-refractivity contribution is 1.50. The molecular formula is C16H16N2S. The van der Waals surface area contributed by atoms with E-state index in [9.17, 15) is 0 Å². The van der Waals surface area contributed by atoms with Gasteiger partial charge < -0.3 is 5.73 Å². The number of hydrogen-bond acceptors (Lipinski definition) is 2. The molecule has 0 aromatic heterocycles. The molecule has 2 aromatic carbocycles. The van der Waals surface area contributed by atoms with Crippen molar-refractivity contribution in [3.05, 3.63) is 77.9 Å². The number of nitrogens with one attached hydrogen (secondary N) is 1. The molecule has 3 heteroatoms. The van der Waals surface area contributed by atoms with Gasteiger partial charge in [-0.15, -0.1) is 0 Å². The molecule has 19 heavy (non-hydrogen) atoms. The third kappa shape index (κ3) is 4.00. The van der Waals surface area contributed by atoms with E-state index in [4.69, 9.17) is 11.1 Å². The van der Waals surface area contributed by atoms with Crippen LogP contribution in [0.4, 0.5) is 0 Å². The summed E-state index contributed by atoms with van der Waals surface area (Å²) in [6.45, 7) is 0. The summed E-state index contributed by atoms with van der Waals surface area (Å²) in [4.78, 5) is 0. The van der Waals surface area contributed by atoms with Gasteiger partial charge in [0, 0.05) is 5.75 Å². The van der Waals surface area contributed by atoms with E-state index < -0.39 is 0 Å². The van der Waals surface area contributed by atoms with Crippen molar-refractivity contribution in [3.8, 4) is 0 Å². The second-order valence-corrected chi connectivity index (χ2v) is 5.09. The second kappa shape index (κ2) is 6.81. The van der Waals surface area contributed by atoms with E-state index in [1.54, 1.807) is 0 Å². The third-order valence-corrected chi connectivity index (χ3v) is 3.34. The summed E-state index contributed by atoms with van der Waals surface area (Å²) >= 11 is 1.33. The van der Waals surface area contributed by atoms with Crippen LogP contribution in [0.25, 0.3) is 5.57 Å². The lowest BCUT2D eigenvalue weighted by Gasteiger charge is -2.08. The van der Waals surface area contributed by atoms with Crippen molar-refractivity contribution in [1.82, 2.24) is 0 Å². The van der Waals surface area contributed by atoms with Gasteiger partial charge in [-0.1, -0.05) is 78.5 Å². The Kier molecular flexibility index (Phi) is 4.81. The highest BCUT2D eigenvalue weighted by atomic mass is 32.2.